The van der Waals surface area contributed by atoms with Gasteiger partial charge in [0.2, 0.25) is 5.78 Å². The van der Waals surface area contributed by atoms with Gasteiger partial charge >= 0.3 is 0 Å². The van der Waals surface area contributed by atoms with Crippen LogP contribution in [0.3, 0.4) is 0 Å². The van der Waals surface area contributed by atoms with Gasteiger partial charge in [0.1, 0.15) is 5.69 Å². The minimum absolute atomic E-state index is 0.127. The van der Waals surface area contributed by atoms with Crippen molar-refractivity contribution in [3.05, 3.63) is 68.4 Å². The van der Waals surface area contributed by atoms with Gasteiger partial charge in [-0.3, -0.25) is 19.9 Å². The summed E-state index contributed by atoms with van der Waals surface area (Å²) in [5.41, 5.74) is 0.346. The Morgan fingerprint density at radius 2 is 2.06 bits per heavy atom. The van der Waals surface area contributed by atoms with Crippen molar-refractivity contribution in [3.63, 3.8) is 0 Å². The molecule has 0 unspecified atom stereocenters. The average Bonchev–Trinajstić information content (AvgIpc) is 2.39. The topological polar surface area (TPSA) is 73.1 Å². The molecule has 0 atom stereocenters. The molecule has 0 aliphatic rings. The zero-order chi connectivity index (χ0) is 13.1. The van der Waals surface area contributed by atoms with Gasteiger partial charge < -0.3 is 0 Å². The predicted molar refractivity (Wildman–Crippen MR) is 68.5 cm³/mol. The van der Waals surface area contributed by atoms with Crippen LogP contribution in [0.25, 0.3) is 0 Å². The lowest BCUT2D eigenvalue weighted by molar-refractivity contribution is -0.384. The van der Waals surface area contributed by atoms with E-state index in [1.54, 1.807) is 18.2 Å². The van der Waals surface area contributed by atoms with E-state index in [1.807, 2.05) is 0 Å². The summed E-state index contributed by atoms with van der Waals surface area (Å²) in [6.45, 7) is 0. The van der Waals surface area contributed by atoms with Gasteiger partial charge in [0.05, 0.1) is 4.92 Å². The van der Waals surface area contributed by atoms with E-state index in [0.717, 1.165) is 0 Å². The van der Waals surface area contributed by atoms with Crippen molar-refractivity contribution in [2.45, 2.75) is 0 Å². The molecule has 5 nitrogen and oxygen atoms in total. The second-order valence-electron chi connectivity index (χ2n) is 3.47. The molecule has 0 saturated carbocycles. The highest BCUT2D eigenvalue weighted by Crippen LogP contribution is 2.24. The Labute approximate surface area is 111 Å². The average molecular weight is 307 g/mol. The van der Waals surface area contributed by atoms with Crippen LogP contribution in [-0.4, -0.2) is 15.7 Å². The maximum atomic E-state index is 12.1. The molecule has 0 saturated heterocycles. The molecule has 2 rings (SSSR count). The summed E-state index contributed by atoms with van der Waals surface area (Å²) in [4.78, 5) is 26.2. The second kappa shape index (κ2) is 5.05. The SMILES string of the molecule is O=C(c1ccccn1)c1cc([N+](=O)[O-])ccc1Br. The lowest BCUT2D eigenvalue weighted by atomic mass is 10.1. The first-order valence-corrected chi connectivity index (χ1v) is 5.78. The summed E-state index contributed by atoms with van der Waals surface area (Å²) < 4.78 is 0.503. The van der Waals surface area contributed by atoms with Crippen molar-refractivity contribution in [3.8, 4) is 0 Å². The first-order chi connectivity index (χ1) is 8.59. The Balaban J connectivity index is 2.48. The Morgan fingerprint density at radius 3 is 2.67 bits per heavy atom. The van der Waals surface area contributed by atoms with Crippen molar-refractivity contribution >= 4 is 27.4 Å². The molecule has 0 aliphatic heterocycles. The Bertz CT molecular complexity index is 614. The molecule has 2 aromatic rings. The van der Waals surface area contributed by atoms with Crippen molar-refractivity contribution in [2.24, 2.45) is 0 Å². The molecule has 0 spiro atoms. The summed E-state index contributed by atoms with van der Waals surface area (Å²) in [5, 5.41) is 10.7. The highest BCUT2D eigenvalue weighted by molar-refractivity contribution is 9.10. The van der Waals surface area contributed by atoms with E-state index in [-0.39, 0.29) is 22.7 Å². The molecule has 1 aromatic heterocycles. The van der Waals surface area contributed by atoms with Gasteiger partial charge in [-0.25, -0.2) is 0 Å². The zero-order valence-corrected chi connectivity index (χ0v) is 10.6. The highest BCUT2D eigenvalue weighted by Gasteiger charge is 2.17. The number of pyridine rings is 1. The molecular weight excluding hydrogens is 300 g/mol. The zero-order valence-electron chi connectivity index (χ0n) is 9.04. The van der Waals surface area contributed by atoms with Crippen LogP contribution in [0.5, 0.6) is 0 Å². The number of carbonyl (C=O) groups excluding carboxylic acids is 1. The van der Waals surface area contributed by atoms with E-state index in [1.165, 1.54) is 24.4 Å². The number of hydrogen-bond donors (Lipinski definition) is 0. The molecule has 18 heavy (non-hydrogen) atoms. The van der Waals surface area contributed by atoms with Crippen LogP contribution in [0.1, 0.15) is 16.1 Å². The van der Waals surface area contributed by atoms with Crippen LogP contribution >= 0.6 is 15.9 Å². The fourth-order valence-electron chi connectivity index (χ4n) is 1.44. The minimum Gasteiger partial charge on any atom is -0.287 e. The molecule has 0 fully saturated rings. The van der Waals surface area contributed by atoms with E-state index < -0.39 is 4.92 Å². The number of nitrogens with zero attached hydrogens (tertiary/aromatic N) is 2. The van der Waals surface area contributed by atoms with Gasteiger partial charge in [-0.05, 0) is 18.2 Å². The van der Waals surface area contributed by atoms with Crippen molar-refractivity contribution in [1.82, 2.24) is 4.98 Å². The van der Waals surface area contributed by atoms with Gasteiger partial charge in [-0.15, -0.1) is 0 Å². The van der Waals surface area contributed by atoms with E-state index in [9.17, 15) is 14.9 Å². The van der Waals surface area contributed by atoms with Crippen molar-refractivity contribution < 1.29 is 9.72 Å². The van der Waals surface area contributed by atoms with Gasteiger partial charge in [0.25, 0.3) is 5.69 Å². The fraction of sp³-hybridized carbons (Fsp3) is 0. The number of hydrogen-bond acceptors (Lipinski definition) is 4. The number of aromatic nitrogens is 1. The van der Waals surface area contributed by atoms with Crippen molar-refractivity contribution in [1.29, 1.82) is 0 Å². The monoisotopic (exact) mass is 306 g/mol. The third kappa shape index (κ3) is 2.43. The number of carbonyl (C=O) groups is 1. The molecule has 0 amide bonds. The van der Waals surface area contributed by atoms with Crippen LogP contribution < -0.4 is 0 Å². The molecule has 1 heterocycles. The molecule has 90 valence electrons. The number of non-ortho nitro benzene ring substituents is 1. The maximum Gasteiger partial charge on any atom is 0.270 e. The Kier molecular flexibility index (Phi) is 3.47. The van der Waals surface area contributed by atoms with Gasteiger partial charge in [0.15, 0.2) is 0 Å². The predicted octanol–water partition coefficient (Wildman–Crippen LogP) is 2.98. The number of halogens is 1. The number of ketones is 1. The summed E-state index contributed by atoms with van der Waals surface area (Å²) in [5.74, 6) is -0.355. The van der Waals surface area contributed by atoms with Gasteiger partial charge in [0, 0.05) is 28.4 Å². The highest BCUT2D eigenvalue weighted by atomic mass is 79.9. The summed E-state index contributed by atoms with van der Waals surface area (Å²) in [6.07, 6.45) is 1.50. The normalized spacial score (nSPS) is 10.1. The van der Waals surface area contributed by atoms with Gasteiger partial charge in [-0.2, -0.15) is 0 Å². The molecule has 0 N–H and O–H groups in total. The van der Waals surface area contributed by atoms with E-state index in [0.29, 0.717) is 4.47 Å². The largest absolute Gasteiger partial charge is 0.287 e. The van der Waals surface area contributed by atoms with Crippen LogP contribution in [0.4, 0.5) is 5.69 Å². The number of nitro groups is 1. The van der Waals surface area contributed by atoms with E-state index in [2.05, 4.69) is 20.9 Å². The van der Waals surface area contributed by atoms with Crippen LogP contribution in [0.2, 0.25) is 0 Å². The molecule has 6 heteroatoms. The van der Waals surface area contributed by atoms with Crippen molar-refractivity contribution in [2.75, 3.05) is 0 Å². The van der Waals surface area contributed by atoms with Crippen LogP contribution in [-0.2, 0) is 0 Å². The molecular formula is C12H7BrN2O3. The fourth-order valence-corrected chi connectivity index (χ4v) is 1.86. The summed E-state index contributed by atoms with van der Waals surface area (Å²) >= 11 is 3.21. The lowest BCUT2D eigenvalue weighted by Gasteiger charge is -2.03. The van der Waals surface area contributed by atoms with Gasteiger partial charge in [-0.1, -0.05) is 22.0 Å². The number of rotatable bonds is 3. The third-order valence-electron chi connectivity index (χ3n) is 2.30. The van der Waals surface area contributed by atoms with E-state index in [4.69, 9.17) is 0 Å². The van der Waals surface area contributed by atoms with Crippen LogP contribution in [0.15, 0.2) is 47.1 Å². The van der Waals surface area contributed by atoms with Crippen LogP contribution in [0, 0.1) is 10.1 Å². The standard InChI is InChI=1S/C12H7BrN2O3/c13-10-5-4-8(15(17)18)7-9(10)12(16)11-3-1-2-6-14-11/h1-7H. The smallest absolute Gasteiger partial charge is 0.270 e. The third-order valence-corrected chi connectivity index (χ3v) is 2.99. The summed E-state index contributed by atoms with van der Waals surface area (Å²) in [6, 6.07) is 8.99. The first-order valence-electron chi connectivity index (χ1n) is 4.99. The molecule has 0 radical (unpaired) electrons. The Morgan fingerprint density at radius 1 is 1.28 bits per heavy atom. The molecule has 0 aliphatic carbocycles. The lowest BCUT2D eigenvalue weighted by Crippen LogP contribution is -2.05. The first kappa shape index (κ1) is 12.4. The number of benzene rings is 1. The van der Waals surface area contributed by atoms with E-state index >= 15 is 0 Å². The second-order valence-corrected chi connectivity index (χ2v) is 4.32. The minimum atomic E-state index is -0.540. The maximum absolute atomic E-state index is 12.1. The summed E-state index contributed by atoms with van der Waals surface area (Å²) in [7, 11) is 0. The molecule has 0 bridgehead atoms. The Hall–Kier alpha value is -2.08. The number of nitro benzene ring substituents is 1. The quantitative estimate of drug-likeness (QED) is 0.496. The molecule has 1 aromatic carbocycles.